The monoisotopic (exact) mass is 340 g/mol. The Balaban J connectivity index is 1.53. The SMILES string of the molecule is Cc1ncc2c(n1)CCC[C@H]2NC(=O)N(C1CC1)[C@H](C)c1ccco1. The molecule has 0 unspecified atom stereocenters. The molecule has 6 nitrogen and oxygen atoms in total. The van der Waals surface area contributed by atoms with Gasteiger partial charge in [0.2, 0.25) is 0 Å². The van der Waals surface area contributed by atoms with Crippen molar-refractivity contribution in [2.45, 2.75) is 64.1 Å². The molecule has 0 saturated heterocycles. The molecule has 2 aliphatic carbocycles. The van der Waals surface area contributed by atoms with Crippen LogP contribution in [0.5, 0.6) is 0 Å². The van der Waals surface area contributed by atoms with Crippen molar-refractivity contribution in [1.29, 1.82) is 0 Å². The summed E-state index contributed by atoms with van der Waals surface area (Å²) in [5, 5.41) is 3.22. The number of aryl methyl sites for hydroxylation is 2. The molecule has 1 fully saturated rings. The lowest BCUT2D eigenvalue weighted by Gasteiger charge is -2.32. The minimum Gasteiger partial charge on any atom is -0.467 e. The third kappa shape index (κ3) is 3.25. The Morgan fingerprint density at radius 2 is 2.24 bits per heavy atom. The summed E-state index contributed by atoms with van der Waals surface area (Å²) in [6.45, 7) is 3.93. The van der Waals surface area contributed by atoms with Gasteiger partial charge in [0.1, 0.15) is 11.6 Å². The first-order chi connectivity index (χ1) is 12.1. The van der Waals surface area contributed by atoms with Gasteiger partial charge >= 0.3 is 6.03 Å². The number of rotatable bonds is 4. The normalized spacial score (nSPS) is 20.6. The number of hydrogen-bond acceptors (Lipinski definition) is 4. The molecule has 0 bridgehead atoms. The lowest BCUT2D eigenvalue weighted by atomic mass is 9.92. The van der Waals surface area contributed by atoms with Gasteiger partial charge in [-0.05, 0) is 58.1 Å². The average molecular weight is 340 g/mol. The summed E-state index contributed by atoms with van der Waals surface area (Å²) in [7, 11) is 0. The summed E-state index contributed by atoms with van der Waals surface area (Å²) < 4.78 is 5.52. The van der Waals surface area contributed by atoms with E-state index in [1.165, 1.54) is 0 Å². The van der Waals surface area contributed by atoms with Gasteiger partial charge in [0.05, 0.1) is 18.3 Å². The van der Waals surface area contributed by atoms with Crippen LogP contribution in [0.25, 0.3) is 0 Å². The second-order valence-corrected chi connectivity index (χ2v) is 7.04. The van der Waals surface area contributed by atoms with E-state index >= 15 is 0 Å². The third-order valence-corrected chi connectivity index (χ3v) is 5.15. The number of nitrogens with zero attached hydrogens (tertiary/aromatic N) is 3. The van der Waals surface area contributed by atoms with Crippen molar-refractivity contribution in [3.05, 3.63) is 47.4 Å². The van der Waals surface area contributed by atoms with Crippen molar-refractivity contribution in [3.63, 3.8) is 0 Å². The Hall–Kier alpha value is -2.37. The Kier molecular flexibility index (Phi) is 4.19. The molecule has 132 valence electrons. The molecular weight excluding hydrogens is 316 g/mol. The summed E-state index contributed by atoms with van der Waals surface area (Å²) in [6.07, 6.45) is 8.57. The molecule has 2 amide bonds. The van der Waals surface area contributed by atoms with Gasteiger partial charge in [-0.15, -0.1) is 0 Å². The lowest BCUT2D eigenvalue weighted by molar-refractivity contribution is 0.161. The van der Waals surface area contributed by atoms with Crippen molar-refractivity contribution in [2.24, 2.45) is 0 Å². The first-order valence-electron chi connectivity index (χ1n) is 9.08. The number of carbonyl (C=O) groups is 1. The summed E-state index contributed by atoms with van der Waals surface area (Å²) in [5.41, 5.74) is 2.13. The fraction of sp³-hybridized carbons (Fsp3) is 0.526. The zero-order chi connectivity index (χ0) is 17.4. The fourth-order valence-corrected chi connectivity index (χ4v) is 3.70. The van der Waals surface area contributed by atoms with Crippen LogP contribution in [0.2, 0.25) is 0 Å². The molecule has 1 N–H and O–H groups in total. The smallest absolute Gasteiger partial charge is 0.318 e. The van der Waals surface area contributed by atoms with Crippen molar-refractivity contribution in [2.75, 3.05) is 0 Å². The minimum atomic E-state index is -0.0696. The molecule has 0 aromatic carbocycles. The second kappa shape index (κ2) is 6.50. The Morgan fingerprint density at radius 3 is 2.96 bits per heavy atom. The predicted octanol–water partition coefficient (Wildman–Crippen LogP) is 3.69. The van der Waals surface area contributed by atoms with Crippen molar-refractivity contribution in [3.8, 4) is 0 Å². The standard InChI is InChI=1S/C19H24N4O2/c1-12(18-7-4-10-25-18)23(14-8-9-14)19(24)22-17-6-3-5-16-15(17)11-20-13(2)21-16/h4,7,10-12,14,17H,3,5-6,8-9H2,1-2H3,(H,22,24)/t12-,17-/m1/s1. The van der Waals surface area contributed by atoms with E-state index in [1.807, 2.05) is 37.1 Å². The molecular formula is C19H24N4O2. The number of carbonyl (C=O) groups excluding carboxylic acids is 1. The van der Waals surface area contributed by atoms with Crippen LogP contribution in [-0.2, 0) is 6.42 Å². The van der Waals surface area contributed by atoms with Crippen LogP contribution < -0.4 is 5.32 Å². The highest BCUT2D eigenvalue weighted by Gasteiger charge is 2.38. The molecule has 0 spiro atoms. The van der Waals surface area contributed by atoms with Gasteiger partial charge in [-0.1, -0.05) is 0 Å². The number of amides is 2. The van der Waals surface area contributed by atoms with Gasteiger partial charge in [0, 0.05) is 23.5 Å². The first kappa shape index (κ1) is 16.1. The highest BCUT2D eigenvalue weighted by atomic mass is 16.3. The van der Waals surface area contributed by atoms with Gasteiger partial charge in [-0.25, -0.2) is 14.8 Å². The van der Waals surface area contributed by atoms with E-state index in [9.17, 15) is 4.79 Å². The van der Waals surface area contributed by atoms with Gasteiger partial charge in [0.15, 0.2) is 0 Å². The molecule has 2 aromatic heterocycles. The topological polar surface area (TPSA) is 71.3 Å². The zero-order valence-electron chi connectivity index (χ0n) is 14.7. The van der Waals surface area contributed by atoms with E-state index in [-0.39, 0.29) is 18.1 Å². The zero-order valence-corrected chi connectivity index (χ0v) is 14.7. The van der Waals surface area contributed by atoms with Crippen LogP contribution in [-0.4, -0.2) is 26.9 Å². The van der Waals surface area contributed by atoms with Crippen LogP contribution in [0.1, 0.15) is 67.5 Å². The van der Waals surface area contributed by atoms with Crippen molar-refractivity contribution >= 4 is 6.03 Å². The van der Waals surface area contributed by atoms with Gasteiger partial charge in [-0.2, -0.15) is 0 Å². The van der Waals surface area contributed by atoms with Crippen LogP contribution in [0.4, 0.5) is 4.79 Å². The number of hydrogen-bond donors (Lipinski definition) is 1. The summed E-state index contributed by atoms with van der Waals surface area (Å²) in [5.74, 6) is 1.61. The van der Waals surface area contributed by atoms with Gasteiger partial charge < -0.3 is 14.6 Å². The van der Waals surface area contributed by atoms with Gasteiger partial charge in [-0.3, -0.25) is 0 Å². The summed E-state index contributed by atoms with van der Waals surface area (Å²) >= 11 is 0. The predicted molar refractivity (Wildman–Crippen MR) is 93.0 cm³/mol. The molecule has 4 rings (SSSR count). The number of aromatic nitrogens is 2. The Morgan fingerprint density at radius 1 is 1.40 bits per heavy atom. The largest absolute Gasteiger partial charge is 0.467 e. The molecule has 25 heavy (non-hydrogen) atoms. The maximum Gasteiger partial charge on any atom is 0.318 e. The summed E-state index contributed by atoms with van der Waals surface area (Å²) in [6, 6.07) is 4.00. The van der Waals surface area contributed by atoms with E-state index in [0.717, 1.165) is 54.9 Å². The van der Waals surface area contributed by atoms with Crippen LogP contribution in [0.3, 0.4) is 0 Å². The van der Waals surface area contributed by atoms with Crippen molar-refractivity contribution in [1.82, 2.24) is 20.2 Å². The second-order valence-electron chi connectivity index (χ2n) is 7.04. The quantitative estimate of drug-likeness (QED) is 0.921. The first-order valence-corrected chi connectivity index (χ1v) is 9.08. The van der Waals surface area contributed by atoms with Gasteiger partial charge in [0.25, 0.3) is 0 Å². The Labute approximate surface area is 147 Å². The highest BCUT2D eigenvalue weighted by molar-refractivity contribution is 5.76. The van der Waals surface area contributed by atoms with E-state index < -0.39 is 0 Å². The molecule has 0 aliphatic heterocycles. The maximum atomic E-state index is 13.0. The number of furan rings is 1. The molecule has 0 radical (unpaired) electrons. The molecule has 2 heterocycles. The molecule has 6 heteroatoms. The third-order valence-electron chi connectivity index (χ3n) is 5.15. The number of fused-ring (bicyclic) bond motifs is 1. The average Bonchev–Trinajstić information content (AvgIpc) is 3.26. The number of urea groups is 1. The number of nitrogens with one attached hydrogen (secondary N) is 1. The van der Waals surface area contributed by atoms with E-state index in [2.05, 4.69) is 15.3 Å². The Bertz CT molecular complexity index is 755. The van der Waals surface area contributed by atoms with Crippen molar-refractivity contribution < 1.29 is 9.21 Å². The van der Waals surface area contributed by atoms with Crippen LogP contribution in [0.15, 0.2) is 29.0 Å². The van der Waals surface area contributed by atoms with E-state index in [1.54, 1.807) is 6.26 Å². The molecule has 2 aromatic rings. The minimum absolute atomic E-state index is 0.0121. The maximum absolute atomic E-state index is 13.0. The fourth-order valence-electron chi connectivity index (χ4n) is 3.70. The summed E-state index contributed by atoms with van der Waals surface area (Å²) in [4.78, 5) is 23.8. The molecule has 1 saturated carbocycles. The lowest BCUT2D eigenvalue weighted by Crippen LogP contribution is -2.44. The van der Waals surface area contributed by atoms with E-state index in [4.69, 9.17) is 4.42 Å². The highest BCUT2D eigenvalue weighted by Crippen LogP contribution is 2.35. The molecule has 2 aliphatic rings. The van der Waals surface area contributed by atoms with Crippen LogP contribution in [0, 0.1) is 6.92 Å². The van der Waals surface area contributed by atoms with E-state index in [0.29, 0.717) is 6.04 Å². The van der Waals surface area contributed by atoms with Crippen LogP contribution >= 0.6 is 0 Å². The molecule has 2 atom stereocenters.